The zero-order chi connectivity index (χ0) is 14.4. The van der Waals surface area contributed by atoms with Crippen LogP contribution in [0.4, 0.5) is 0 Å². The van der Waals surface area contributed by atoms with E-state index in [-0.39, 0.29) is 11.9 Å². The molecule has 2 aromatic carbocycles. The van der Waals surface area contributed by atoms with Crippen LogP contribution < -0.4 is 5.32 Å². The van der Waals surface area contributed by atoms with E-state index in [2.05, 4.69) is 21.2 Å². The molecule has 0 bridgehead atoms. The van der Waals surface area contributed by atoms with Crippen LogP contribution >= 0.6 is 15.9 Å². The fraction of sp³-hybridized carbons (Fsp3) is 0.118. The molecule has 0 aromatic heterocycles. The lowest BCUT2D eigenvalue weighted by Gasteiger charge is -2.12. The molecule has 1 unspecified atom stereocenters. The standard InChI is InChI=1S/C17H16BrNO/c1-13(15-7-3-2-4-8-15)19-17(20)11-10-14-6-5-9-16(18)12-14/h2-13H,1H3,(H,19,20)/b11-10+. The van der Waals surface area contributed by atoms with Crippen LogP contribution in [-0.4, -0.2) is 5.91 Å². The Bertz CT molecular complexity index is 607. The Labute approximate surface area is 127 Å². The number of hydrogen-bond acceptors (Lipinski definition) is 1. The number of amides is 1. The van der Waals surface area contributed by atoms with Gasteiger partial charge in [0.2, 0.25) is 5.91 Å². The second-order valence-corrected chi connectivity index (χ2v) is 5.44. The lowest BCUT2D eigenvalue weighted by Crippen LogP contribution is -2.24. The third-order valence-corrected chi connectivity index (χ3v) is 3.43. The fourth-order valence-corrected chi connectivity index (χ4v) is 2.29. The zero-order valence-electron chi connectivity index (χ0n) is 11.2. The van der Waals surface area contributed by atoms with E-state index >= 15 is 0 Å². The van der Waals surface area contributed by atoms with Crippen LogP contribution in [0, 0.1) is 0 Å². The van der Waals surface area contributed by atoms with E-state index in [1.165, 1.54) is 0 Å². The minimum absolute atomic E-state index is 0.00383. The maximum absolute atomic E-state index is 11.9. The Morgan fingerprint density at radius 3 is 2.60 bits per heavy atom. The number of halogens is 1. The number of hydrogen-bond donors (Lipinski definition) is 1. The highest BCUT2D eigenvalue weighted by atomic mass is 79.9. The maximum Gasteiger partial charge on any atom is 0.244 e. The van der Waals surface area contributed by atoms with Gasteiger partial charge < -0.3 is 5.32 Å². The number of carbonyl (C=O) groups excluding carboxylic acids is 1. The van der Waals surface area contributed by atoms with Crippen LogP contribution in [0.3, 0.4) is 0 Å². The van der Waals surface area contributed by atoms with E-state index in [0.29, 0.717) is 0 Å². The topological polar surface area (TPSA) is 29.1 Å². The first-order chi connectivity index (χ1) is 9.65. The molecular formula is C17H16BrNO. The van der Waals surface area contributed by atoms with Gasteiger partial charge >= 0.3 is 0 Å². The Balaban J connectivity index is 1.96. The van der Waals surface area contributed by atoms with Crippen LogP contribution in [0.2, 0.25) is 0 Å². The molecule has 1 amide bonds. The molecule has 1 N–H and O–H groups in total. The normalized spacial score (nSPS) is 12.3. The van der Waals surface area contributed by atoms with Crippen molar-refractivity contribution < 1.29 is 4.79 Å². The number of benzene rings is 2. The summed E-state index contributed by atoms with van der Waals surface area (Å²) < 4.78 is 0.998. The van der Waals surface area contributed by atoms with Crippen LogP contribution in [0.15, 0.2) is 65.1 Å². The van der Waals surface area contributed by atoms with Gasteiger partial charge in [-0.2, -0.15) is 0 Å². The summed E-state index contributed by atoms with van der Waals surface area (Å²) >= 11 is 3.41. The predicted molar refractivity (Wildman–Crippen MR) is 86.2 cm³/mol. The minimum Gasteiger partial charge on any atom is -0.346 e. The van der Waals surface area contributed by atoms with Crippen molar-refractivity contribution >= 4 is 27.9 Å². The first kappa shape index (κ1) is 14.5. The van der Waals surface area contributed by atoms with Gasteiger partial charge in [0, 0.05) is 10.5 Å². The van der Waals surface area contributed by atoms with Crippen LogP contribution in [0.1, 0.15) is 24.1 Å². The molecule has 0 aliphatic carbocycles. The molecule has 1 atom stereocenters. The molecule has 0 radical (unpaired) electrons. The molecule has 0 saturated heterocycles. The van der Waals surface area contributed by atoms with Gasteiger partial charge in [-0.1, -0.05) is 58.4 Å². The number of carbonyl (C=O) groups is 1. The Kier molecular flexibility index (Phi) is 5.13. The van der Waals surface area contributed by atoms with Crippen molar-refractivity contribution in [2.45, 2.75) is 13.0 Å². The largest absolute Gasteiger partial charge is 0.346 e. The number of nitrogens with one attached hydrogen (secondary N) is 1. The molecule has 0 fully saturated rings. The lowest BCUT2D eigenvalue weighted by molar-refractivity contribution is -0.117. The van der Waals surface area contributed by atoms with E-state index in [4.69, 9.17) is 0 Å². The summed E-state index contributed by atoms with van der Waals surface area (Å²) in [5.74, 6) is -0.0960. The predicted octanol–water partition coefficient (Wildman–Crippen LogP) is 4.34. The summed E-state index contributed by atoms with van der Waals surface area (Å²) in [6, 6.07) is 17.7. The maximum atomic E-state index is 11.9. The van der Waals surface area contributed by atoms with Gasteiger partial charge in [-0.05, 0) is 36.3 Å². The molecule has 0 heterocycles. The van der Waals surface area contributed by atoms with Crippen molar-refractivity contribution in [3.8, 4) is 0 Å². The summed E-state index contributed by atoms with van der Waals surface area (Å²) in [4.78, 5) is 11.9. The first-order valence-corrected chi connectivity index (χ1v) is 7.23. The summed E-state index contributed by atoms with van der Waals surface area (Å²) in [7, 11) is 0. The third kappa shape index (κ3) is 4.35. The Morgan fingerprint density at radius 1 is 1.15 bits per heavy atom. The summed E-state index contributed by atoms with van der Waals surface area (Å²) in [5, 5.41) is 2.94. The zero-order valence-corrected chi connectivity index (χ0v) is 12.8. The summed E-state index contributed by atoms with van der Waals surface area (Å²) in [5.41, 5.74) is 2.08. The first-order valence-electron chi connectivity index (χ1n) is 6.44. The smallest absolute Gasteiger partial charge is 0.244 e. The molecule has 0 aliphatic rings. The number of rotatable bonds is 4. The van der Waals surface area contributed by atoms with Crippen LogP contribution in [-0.2, 0) is 4.79 Å². The molecule has 2 rings (SSSR count). The minimum atomic E-state index is -0.0960. The SMILES string of the molecule is CC(NC(=O)/C=C/c1cccc(Br)c1)c1ccccc1. The second-order valence-electron chi connectivity index (χ2n) is 4.53. The molecule has 0 spiro atoms. The van der Waals surface area contributed by atoms with Gasteiger partial charge in [-0.25, -0.2) is 0 Å². The third-order valence-electron chi connectivity index (χ3n) is 2.93. The highest BCUT2D eigenvalue weighted by Crippen LogP contribution is 2.13. The van der Waals surface area contributed by atoms with Crippen molar-refractivity contribution in [1.82, 2.24) is 5.32 Å². The van der Waals surface area contributed by atoms with Gasteiger partial charge in [0.15, 0.2) is 0 Å². The lowest BCUT2D eigenvalue weighted by atomic mass is 10.1. The quantitative estimate of drug-likeness (QED) is 0.830. The molecule has 3 heteroatoms. The monoisotopic (exact) mass is 329 g/mol. The van der Waals surface area contributed by atoms with Crippen molar-refractivity contribution in [3.05, 3.63) is 76.3 Å². The van der Waals surface area contributed by atoms with E-state index < -0.39 is 0 Å². The summed E-state index contributed by atoms with van der Waals surface area (Å²) in [6.45, 7) is 1.97. The Hall–Kier alpha value is -1.87. The van der Waals surface area contributed by atoms with E-state index in [9.17, 15) is 4.79 Å². The van der Waals surface area contributed by atoms with Crippen molar-refractivity contribution in [3.63, 3.8) is 0 Å². The van der Waals surface area contributed by atoms with Gasteiger partial charge in [0.05, 0.1) is 6.04 Å². The van der Waals surface area contributed by atoms with Crippen LogP contribution in [0.25, 0.3) is 6.08 Å². The van der Waals surface area contributed by atoms with Crippen molar-refractivity contribution in [1.29, 1.82) is 0 Å². The second kappa shape index (κ2) is 7.06. The van der Waals surface area contributed by atoms with Gasteiger partial charge in [-0.15, -0.1) is 0 Å². The molecule has 0 saturated carbocycles. The highest BCUT2D eigenvalue weighted by molar-refractivity contribution is 9.10. The molecule has 20 heavy (non-hydrogen) atoms. The molecule has 2 nitrogen and oxygen atoms in total. The summed E-state index contributed by atoms with van der Waals surface area (Å²) in [6.07, 6.45) is 3.36. The van der Waals surface area contributed by atoms with Crippen LogP contribution in [0.5, 0.6) is 0 Å². The molecular weight excluding hydrogens is 314 g/mol. The van der Waals surface area contributed by atoms with E-state index in [1.807, 2.05) is 61.5 Å². The molecule has 0 aliphatic heterocycles. The molecule has 102 valence electrons. The average molecular weight is 330 g/mol. The van der Waals surface area contributed by atoms with Gasteiger partial charge in [0.1, 0.15) is 0 Å². The van der Waals surface area contributed by atoms with Gasteiger partial charge in [0.25, 0.3) is 0 Å². The van der Waals surface area contributed by atoms with Crippen molar-refractivity contribution in [2.75, 3.05) is 0 Å². The average Bonchev–Trinajstić information content (AvgIpc) is 2.46. The fourth-order valence-electron chi connectivity index (χ4n) is 1.87. The molecule has 2 aromatic rings. The van der Waals surface area contributed by atoms with Gasteiger partial charge in [-0.3, -0.25) is 4.79 Å². The van der Waals surface area contributed by atoms with E-state index in [0.717, 1.165) is 15.6 Å². The van der Waals surface area contributed by atoms with E-state index in [1.54, 1.807) is 12.2 Å². The Morgan fingerprint density at radius 2 is 1.90 bits per heavy atom. The van der Waals surface area contributed by atoms with Crippen molar-refractivity contribution in [2.24, 2.45) is 0 Å². The highest BCUT2D eigenvalue weighted by Gasteiger charge is 2.06.